The third-order valence-electron chi connectivity index (χ3n) is 2.25. The predicted octanol–water partition coefficient (Wildman–Crippen LogP) is 1.83. The lowest BCUT2D eigenvalue weighted by Crippen LogP contribution is -2.10. The van der Waals surface area contributed by atoms with Gasteiger partial charge in [0.05, 0.1) is 6.61 Å². The Morgan fingerprint density at radius 3 is 2.68 bits per heavy atom. The molecule has 0 spiro atoms. The molecule has 3 N–H and O–H groups in total. The minimum Gasteiger partial charge on any atom is -0.493 e. The SMILES string of the molecule is Cc1nnc(SCCOc2ccc(C(=N)N)cc2)o1. The number of ether oxygens (including phenoxy) is 1. The highest BCUT2D eigenvalue weighted by molar-refractivity contribution is 7.99. The Balaban J connectivity index is 1.75. The summed E-state index contributed by atoms with van der Waals surface area (Å²) in [4.78, 5) is 0. The molecule has 2 aromatic rings. The van der Waals surface area contributed by atoms with Crippen LogP contribution < -0.4 is 10.5 Å². The molecule has 0 amide bonds. The average Bonchev–Trinajstić information content (AvgIpc) is 2.81. The Morgan fingerprint density at radius 2 is 2.11 bits per heavy atom. The van der Waals surface area contributed by atoms with Gasteiger partial charge in [0, 0.05) is 18.2 Å². The van der Waals surface area contributed by atoms with Gasteiger partial charge < -0.3 is 14.9 Å². The summed E-state index contributed by atoms with van der Waals surface area (Å²) in [5, 5.41) is 15.4. The van der Waals surface area contributed by atoms with Crippen LogP contribution in [0.15, 0.2) is 33.9 Å². The van der Waals surface area contributed by atoms with E-state index in [9.17, 15) is 0 Å². The normalized spacial score (nSPS) is 10.4. The van der Waals surface area contributed by atoms with Gasteiger partial charge >= 0.3 is 0 Å². The van der Waals surface area contributed by atoms with Crippen molar-refractivity contribution in [2.24, 2.45) is 5.73 Å². The quantitative estimate of drug-likeness (QED) is 0.362. The summed E-state index contributed by atoms with van der Waals surface area (Å²) in [7, 11) is 0. The molecule has 0 radical (unpaired) electrons. The number of aromatic nitrogens is 2. The zero-order valence-electron chi connectivity index (χ0n) is 10.4. The number of hydrogen-bond donors (Lipinski definition) is 2. The van der Waals surface area contributed by atoms with Crippen molar-refractivity contribution < 1.29 is 9.15 Å². The number of aryl methyl sites for hydroxylation is 1. The molecule has 1 aromatic heterocycles. The fraction of sp³-hybridized carbons (Fsp3) is 0.250. The Labute approximate surface area is 114 Å². The maximum absolute atomic E-state index is 7.28. The summed E-state index contributed by atoms with van der Waals surface area (Å²) in [5.41, 5.74) is 6.05. The van der Waals surface area contributed by atoms with Crippen LogP contribution in [0.2, 0.25) is 0 Å². The van der Waals surface area contributed by atoms with Gasteiger partial charge in [-0.25, -0.2) is 0 Å². The number of amidine groups is 1. The molecule has 1 aromatic carbocycles. The largest absolute Gasteiger partial charge is 0.493 e. The van der Waals surface area contributed by atoms with E-state index < -0.39 is 0 Å². The lowest BCUT2D eigenvalue weighted by Gasteiger charge is -2.05. The molecule has 0 atom stereocenters. The van der Waals surface area contributed by atoms with Crippen molar-refractivity contribution in [1.29, 1.82) is 5.41 Å². The van der Waals surface area contributed by atoms with Crippen molar-refractivity contribution in [3.8, 4) is 5.75 Å². The van der Waals surface area contributed by atoms with Gasteiger partial charge in [0.15, 0.2) is 0 Å². The second kappa shape index (κ2) is 6.24. The number of nitrogen functional groups attached to an aromatic ring is 1. The fourth-order valence-corrected chi connectivity index (χ4v) is 1.98. The van der Waals surface area contributed by atoms with E-state index in [1.54, 1.807) is 31.2 Å². The van der Waals surface area contributed by atoms with Crippen LogP contribution in [0.5, 0.6) is 5.75 Å². The van der Waals surface area contributed by atoms with E-state index in [2.05, 4.69) is 10.2 Å². The molecule has 0 bridgehead atoms. The third kappa shape index (κ3) is 3.99. The second-order valence-corrected chi connectivity index (χ2v) is 4.77. The molecule has 19 heavy (non-hydrogen) atoms. The Hall–Kier alpha value is -2.02. The molecule has 0 aliphatic carbocycles. The lowest BCUT2D eigenvalue weighted by atomic mass is 10.2. The molecule has 7 heteroatoms. The molecular weight excluding hydrogens is 264 g/mol. The predicted molar refractivity (Wildman–Crippen MR) is 72.7 cm³/mol. The summed E-state index contributed by atoms with van der Waals surface area (Å²) in [6.45, 7) is 2.29. The van der Waals surface area contributed by atoms with E-state index in [4.69, 9.17) is 20.3 Å². The van der Waals surface area contributed by atoms with Crippen molar-refractivity contribution in [2.45, 2.75) is 12.1 Å². The Morgan fingerprint density at radius 1 is 1.37 bits per heavy atom. The van der Waals surface area contributed by atoms with Crippen LogP contribution in [0.4, 0.5) is 0 Å². The maximum atomic E-state index is 7.28. The van der Waals surface area contributed by atoms with Crippen molar-refractivity contribution in [1.82, 2.24) is 10.2 Å². The van der Waals surface area contributed by atoms with Crippen molar-refractivity contribution in [3.05, 3.63) is 35.7 Å². The minimum atomic E-state index is 0.0499. The number of nitrogens with two attached hydrogens (primary N) is 1. The van der Waals surface area contributed by atoms with E-state index in [1.165, 1.54) is 11.8 Å². The van der Waals surface area contributed by atoms with E-state index in [0.29, 0.717) is 23.3 Å². The van der Waals surface area contributed by atoms with Crippen LogP contribution in [0.1, 0.15) is 11.5 Å². The molecular formula is C12H14N4O2S. The van der Waals surface area contributed by atoms with Crippen LogP contribution in [-0.2, 0) is 0 Å². The van der Waals surface area contributed by atoms with E-state index in [-0.39, 0.29) is 5.84 Å². The second-order valence-electron chi connectivity index (χ2n) is 3.72. The fourth-order valence-electron chi connectivity index (χ4n) is 1.36. The van der Waals surface area contributed by atoms with Gasteiger partial charge in [-0.2, -0.15) is 0 Å². The monoisotopic (exact) mass is 278 g/mol. The summed E-state index contributed by atoms with van der Waals surface area (Å²) in [6, 6.07) is 7.09. The molecule has 0 aliphatic rings. The first-order valence-electron chi connectivity index (χ1n) is 5.65. The summed E-state index contributed by atoms with van der Waals surface area (Å²) in [5.74, 6) is 2.07. The lowest BCUT2D eigenvalue weighted by molar-refractivity contribution is 0.343. The molecule has 2 rings (SSSR count). The van der Waals surface area contributed by atoms with Crippen LogP contribution in [0.25, 0.3) is 0 Å². The number of hydrogen-bond acceptors (Lipinski definition) is 6. The van der Waals surface area contributed by atoms with Crippen LogP contribution >= 0.6 is 11.8 Å². The zero-order valence-corrected chi connectivity index (χ0v) is 11.2. The van der Waals surface area contributed by atoms with Crippen LogP contribution in [-0.4, -0.2) is 28.4 Å². The number of nitrogens with zero attached hydrogens (tertiary/aromatic N) is 2. The van der Waals surface area contributed by atoms with Gasteiger partial charge in [0.25, 0.3) is 5.22 Å². The molecule has 0 fully saturated rings. The molecule has 0 aliphatic heterocycles. The molecule has 100 valence electrons. The summed E-state index contributed by atoms with van der Waals surface area (Å²) in [6.07, 6.45) is 0. The van der Waals surface area contributed by atoms with Gasteiger partial charge in [-0.1, -0.05) is 11.8 Å². The van der Waals surface area contributed by atoms with Crippen LogP contribution in [0, 0.1) is 12.3 Å². The van der Waals surface area contributed by atoms with Crippen LogP contribution in [0.3, 0.4) is 0 Å². The van der Waals surface area contributed by atoms with E-state index in [1.807, 2.05) is 0 Å². The number of nitrogens with one attached hydrogen (secondary N) is 1. The molecule has 1 heterocycles. The molecule has 0 saturated carbocycles. The van der Waals surface area contributed by atoms with Crippen molar-refractivity contribution in [2.75, 3.05) is 12.4 Å². The highest BCUT2D eigenvalue weighted by Crippen LogP contribution is 2.16. The molecule has 0 saturated heterocycles. The first kappa shape index (κ1) is 13.4. The topological polar surface area (TPSA) is 98.0 Å². The minimum absolute atomic E-state index is 0.0499. The standard InChI is InChI=1S/C12H14N4O2S/c1-8-15-16-12(18-8)19-7-6-17-10-4-2-9(3-5-10)11(13)14/h2-5H,6-7H2,1H3,(H3,13,14). The maximum Gasteiger partial charge on any atom is 0.276 e. The first-order chi connectivity index (χ1) is 9.15. The Bertz CT molecular complexity index is 553. The van der Waals surface area contributed by atoms with Gasteiger partial charge in [-0.3, -0.25) is 5.41 Å². The van der Waals surface area contributed by atoms with Crippen molar-refractivity contribution >= 4 is 17.6 Å². The molecule has 0 unspecified atom stereocenters. The highest BCUT2D eigenvalue weighted by Gasteiger charge is 2.03. The Kier molecular flexibility index (Phi) is 4.40. The average molecular weight is 278 g/mol. The molecule has 6 nitrogen and oxygen atoms in total. The van der Waals surface area contributed by atoms with Gasteiger partial charge in [0.2, 0.25) is 5.89 Å². The van der Waals surface area contributed by atoms with Gasteiger partial charge in [-0.05, 0) is 24.3 Å². The summed E-state index contributed by atoms with van der Waals surface area (Å²) < 4.78 is 10.8. The third-order valence-corrected chi connectivity index (χ3v) is 3.03. The van der Waals surface area contributed by atoms with Gasteiger partial charge in [0.1, 0.15) is 11.6 Å². The number of benzene rings is 1. The summed E-state index contributed by atoms with van der Waals surface area (Å²) >= 11 is 1.45. The van der Waals surface area contributed by atoms with E-state index in [0.717, 1.165) is 11.5 Å². The highest BCUT2D eigenvalue weighted by atomic mass is 32.2. The zero-order chi connectivity index (χ0) is 13.7. The van der Waals surface area contributed by atoms with Crippen molar-refractivity contribution in [3.63, 3.8) is 0 Å². The van der Waals surface area contributed by atoms with Gasteiger partial charge in [-0.15, -0.1) is 10.2 Å². The van der Waals surface area contributed by atoms with E-state index >= 15 is 0 Å². The number of thioether (sulfide) groups is 1. The smallest absolute Gasteiger partial charge is 0.276 e. The first-order valence-corrected chi connectivity index (χ1v) is 6.64. The number of rotatable bonds is 6.